The molecule has 0 heterocycles. The number of rotatable bonds is 2. The van der Waals surface area contributed by atoms with Crippen molar-refractivity contribution in [1.82, 2.24) is 0 Å². The van der Waals surface area contributed by atoms with Gasteiger partial charge in [-0.15, -0.1) is 0 Å². The third kappa shape index (κ3) is 12.1. The second-order valence-electron chi connectivity index (χ2n) is 9.98. The smallest absolute Gasteiger partial charge is 0.0323 e. The van der Waals surface area contributed by atoms with Gasteiger partial charge in [-0.3, -0.25) is 0 Å². The Labute approximate surface area is 160 Å². The molecule has 0 radical (unpaired) electrons. The molecule has 1 rings (SSSR count). The summed E-state index contributed by atoms with van der Waals surface area (Å²) < 4.78 is 0. The zero-order valence-corrected chi connectivity index (χ0v) is 18.4. The van der Waals surface area contributed by atoms with Crippen molar-refractivity contribution in [1.29, 1.82) is 0 Å². The Morgan fingerprint density at radius 3 is 1.60 bits per heavy atom. The van der Waals surface area contributed by atoms with Gasteiger partial charge in [-0.05, 0) is 36.5 Å². The lowest BCUT2D eigenvalue weighted by molar-refractivity contribution is 0.193. The summed E-state index contributed by atoms with van der Waals surface area (Å²) in [5, 5.41) is 0. The summed E-state index contributed by atoms with van der Waals surface area (Å²) >= 11 is 0. The summed E-state index contributed by atoms with van der Waals surface area (Å²) in [6.45, 7) is 10.00. The van der Waals surface area contributed by atoms with Gasteiger partial charge >= 0.3 is 0 Å². The van der Waals surface area contributed by atoms with Crippen LogP contribution in [0.1, 0.15) is 143 Å². The van der Waals surface area contributed by atoms with E-state index in [2.05, 4.69) is 27.7 Å². The fraction of sp³-hybridized carbons (Fsp3) is 1.00. The highest BCUT2D eigenvalue weighted by Gasteiger charge is 2.25. The van der Waals surface area contributed by atoms with E-state index in [1.165, 1.54) is 116 Å². The van der Waals surface area contributed by atoms with Gasteiger partial charge in [-0.1, -0.05) is 124 Å². The fourth-order valence-corrected chi connectivity index (χ4v) is 5.29. The molecule has 0 amide bonds. The molecule has 1 saturated carbocycles. The molecular weight excluding hydrogens is 300 g/mol. The minimum absolute atomic E-state index is 0.611. The molecule has 1 aliphatic rings. The highest BCUT2D eigenvalue weighted by molar-refractivity contribution is 4.77. The molecule has 0 aromatic heterocycles. The van der Waals surface area contributed by atoms with Crippen LogP contribution >= 0.6 is 0 Å². The first kappa shape index (κ1) is 23.0. The average Bonchev–Trinajstić information content (AvgIpc) is 2.56. The molecule has 0 aliphatic heterocycles. The van der Waals surface area contributed by atoms with E-state index in [1.54, 1.807) is 0 Å². The number of hydrogen-bond acceptors (Lipinski definition) is 0. The molecule has 0 bridgehead atoms. The molecule has 150 valence electrons. The van der Waals surface area contributed by atoms with Crippen LogP contribution in [0.15, 0.2) is 0 Å². The van der Waals surface area contributed by atoms with Crippen molar-refractivity contribution in [2.24, 2.45) is 17.3 Å². The van der Waals surface area contributed by atoms with Crippen LogP contribution in [0.5, 0.6) is 0 Å². The van der Waals surface area contributed by atoms with Crippen LogP contribution < -0.4 is 0 Å². The van der Waals surface area contributed by atoms with Gasteiger partial charge in [-0.25, -0.2) is 0 Å². The van der Waals surface area contributed by atoms with E-state index < -0.39 is 0 Å². The van der Waals surface area contributed by atoms with Gasteiger partial charge in [0, 0.05) is 0 Å². The highest BCUT2D eigenvalue weighted by Crippen LogP contribution is 2.38. The largest absolute Gasteiger partial charge is 0.0654 e. The minimum atomic E-state index is 0.611. The molecule has 0 spiro atoms. The maximum Gasteiger partial charge on any atom is -0.0323 e. The summed E-state index contributed by atoms with van der Waals surface area (Å²) in [6, 6.07) is 0. The van der Waals surface area contributed by atoms with Crippen molar-refractivity contribution in [2.45, 2.75) is 143 Å². The van der Waals surface area contributed by atoms with E-state index in [-0.39, 0.29) is 0 Å². The Bertz CT molecular complexity index is 294. The first-order valence-corrected chi connectivity index (χ1v) is 12.1. The van der Waals surface area contributed by atoms with Crippen LogP contribution in [-0.2, 0) is 0 Å². The van der Waals surface area contributed by atoms with Crippen LogP contribution in [0.4, 0.5) is 0 Å². The van der Waals surface area contributed by atoms with Gasteiger partial charge in [0.15, 0.2) is 0 Å². The SMILES string of the molecule is CCCC1(C)CCCCC(C)CCCCCCCCCCCC(C)C1. The maximum atomic E-state index is 2.60. The lowest BCUT2D eigenvalue weighted by atomic mass is 9.73. The summed E-state index contributed by atoms with van der Waals surface area (Å²) in [6.07, 6.45) is 26.4. The maximum absolute atomic E-state index is 2.60. The van der Waals surface area contributed by atoms with Crippen LogP contribution in [-0.4, -0.2) is 0 Å². The van der Waals surface area contributed by atoms with Gasteiger partial charge in [0.05, 0.1) is 0 Å². The molecule has 3 unspecified atom stereocenters. The fourth-order valence-electron chi connectivity index (χ4n) is 5.29. The molecule has 25 heavy (non-hydrogen) atoms. The monoisotopic (exact) mass is 350 g/mol. The van der Waals surface area contributed by atoms with Crippen LogP contribution in [0.2, 0.25) is 0 Å². The first-order chi connectivity index (χ1) is 12.1. The Hall–Kier alpha value is 0. The van der Waals surface area contributed by atoms with E-state index in [4.69, 9.17) is 0 Å². The van der Waals surface area contributed by atoms with E-state index in [0.717, 1.165) is 11.8 Å². The molecule has 0 N–H and O–H groups in total. The Morgan fingerprint density at radius 2 is 1.08 bits per heavy atom. The quantitative estimate of drug-likeness (QED) is 0.465. The summed E-state index contributed by atoms with van der Waals surface area (Å²) in [4.78, 5) is 0. The zero-order chi connectivity index (χ0) is 18.4. The molecule has 0 aromatic rings. The van der Waals surface area contributed by atoms with Crippen molar-refractivity contribution in [3.8, 4) is 0 Å². The van der Waals surface area contributed by atoms with Gasteiger partial charge in [-0.2, -0.15) is 0 Å². The molecule has 3 atom stereocenters. The first-order valence-electron chi connectivity index (χ1n) is 12.1. The van der Waals surface area contributed by atoms with E-state index in [0.29, 0.717) is 5.41 Å². The predicted molar refractivity (Wildman–Crippen MR) is 115 cm³/mol. The van der Waals surface area contributed by atoms with Crippen molar-refractivity contribution in [2.75, 3.05) is 0 Å². The number of hydrogen-bond donors (Lipinski definition) is 0. The average molecular weight is 351 g/mol. The summed E-state index contributed by atoms with van der Waals surface area (Å²) in [7, 11) is 0. The predicted octanol–water partition coefficient (Wildman–Crippen LogP) is 9.32. The third-order valence-electron chi connectivity index (χ3n) is 6.82. The van der Waals surface area contributed by atoms with E-state index in [1.807, 2.05) is 0 Å². The van der Waals surface area contributed by atoms with Crippen molar-refractivity contribution < 1.29 is 0 Å². The molecular formula is C25H50. The van der Waals surface area contributed by atoms with Gasteiger partial charge < -0.3 is 0 Å². The molecule has 1 fully saturated rings. The van der Waals surface area contributed by atoms with E-state index in [9.17, 15) is 0 Å². The van der Waals surface area contributed by atoms with Gasteiger partial charge in [0.1, 0.15) is 0 Å². The second kappa shape index (κ2) is 14.1. The highest BCUT2D eigenvalue weighted by atomic mass is 14.3. The van der Waals surface area contributed by atoms with E-state index >= 15 is 0 Å². The molecule has 0 aromatic carbocycles. The normalized spacial score (nSPS) is 33.1. The summed E-state index contributed by atoms with van der Waals surface area (Å²) in [5.74, 6) is 1.89. The molecule has 0 saturated heterocycles. The van der Waals surface area contributed by atoms with Crippen molar-refractivity contribution in [3.63, 3.8) is 0 Å². The van der Waals surface area contributed by atoms with Crippen molar-refractivity contribution >= 4 is 0 Å². The molecule has 0 nitrogen and oxygen atoms in total. The Kier molecular flexibility index (Phi) is 13.0. The van der Waals surface area contributed by atoms with Crippen LogP contribution in [0.25, 0.3) is 0 Å². The Balaban J connectivity index is 2.46. The Morgan fingerprint density at radius 1 is 0.640 bits per heavy atom. The summed E-state index contributed by atoms with van der Waals surface area (Å²) in [5.41, 5.74) is 0.611. The molecule has 0 heteroatoms. The zero-order valence-electron chi connectivity index (χ0n) is 18.4. The second-order valence-corrected chi connectivity index (χ2v) is 9.98. The van der Waals surface area contributed by atoms with Crippen molar-refractivity contribution in [3.05, 3.63) is 0 Å². The van der Waals surface area contributed by atoms with Gasteiger partial charge in [0.2, 0.25) is 0 Å². The standard InChI is InChI=1S/C25H50/c1-5-20-25(4)21-16-15-18-23(2)17-13-11-9-7-6-8-10-12-14-19-24(3)22-25/h23-24H,5-22H2,1-4H3. The van der Waals surface area contributed by atoms with Gasteiger partial charge in [0.25, 0.3) is 0 Å². The third-order valence-corrected chi connectivity index (χ3v) is 6.82. The minimum Gasteiger partial charge on any atom is -0.0654 e. The molecule has 1 aliphatic carbocycles. The lowest BCUT2D eigenvalue weighted by Crippen LogP contribution is -2.20. The topological polar surface area (TPSA) is 0 Å². The lowest BCUT2D eigenvalue weighted by Gasteiger charge is -2.32. The van der Waals surface area contributed by atoms with Crippen LogP contribution in [0, 0.1) is 17.3 Å². The van der Waals surface area contributed by atoms with Crippen LogP contribution in [0.3, 0.4) is 0 Å².